The van der Waals surface area contributed by atoms with Gasteiger partial charge in [-0.15, -0.1) is 12.4 Å². The van der Waals surface area contributed by atoms with Crippen LogP contribution in [0.15, 0.2) is 18.2 Å². The first-order valence-electron chi connectivity index (χ1n) is 4.57. The molecule has 0 aromatic heterocycles. The fraction of sp³-hybridized carbons (Fsp3) is 0.400. The maximum absolute atomic E-state index is 12.1. The van der Waals surface area contributed by atoms with Crippen LogP contribution in [0.25, 0.3) is 0 Å². The van der Waals surface area contributed by atoms with Crippen LogP contribution in [0.1, 0.15) is 12.0 Å². The average Bonchev–Trinajstić information content (AvgIpc) is 2.14. The first-order chi connectivity index (χ1) is 7.30. The van der Waals surface area contributed by atoms with E-state index >= 15 is 0 Å². The monoisotopic (exact) mass is 307 g/mol. The molecule has 98 valence electrons. The van der Waals surface area contributed by atoms with E-state index in [9.17, 15) is 13.2 Å². The third-order valence-corrected chi connectivity index (χ3v) is 2.75. The Morgan fingerprint density at radius 1 is 1.24 bits per heavy atom. The molecule has 0 bridgehead atoms. The van der Waals surface area contributed by atoms with E-state index in [-0.39, 0.29) is 25.2 Å². The van der Waals surface area contributed by atoms with Crippen molar-refractivity contribution in [1.82, 2.24) is 0 Å². The van der Waals surface area contributed by atoms with E-state index in [1.165, 1.54) is 6.07 Å². The topological polar surface area (TPSA) is 26.0 Å². The van der Waals surface area contributed by atoms with Crippen molar-refractivity contribution in [3.63, 3.8) is 0 Å². The van der Waals surface area contributed by atoms with Crippen LogP contribution in [0.2, 0.25) is 10.0 Å². The van der Waals surface area contributed by atoms with E-state index in [0.29, 0.717) is 15.6 Å². The van der Waals surface area contributed by atoms with Crippen LogP contribution in [0, 0.1) is 0 Å². The van der Waals surface area contributed by atoms with Gasteiger partial charge in [-0.25, -0.2) is 0 Å². The minimum absolute atomic E-state index is 0. The summed E-state index contributed by atoms with van der Waals surface area (Å²) in [6, 6.07) is 2.87. The zero-order valence-corrected chi connectivity index (χ0v) is 10.9. The molecule has 1 atom stereocenters. The van der Waals surface area contributed by atoms with E-state index < -0.39 is 12.2 Å². The molecule has 1 nitrogen and oxygen atoms in total. The predicted molar refractivity (Wildman–Crippen MR) is 66.1 cm³/mol. The third kappa shape index (κ3) is 5.34. The molecule has 0 saturated heterocycles. The Morgan fingerprint density at radius 2 is 1.82 bits per heavy atom. The SMILES string of the molecule is Cl.NC(CCc1ccc(Cl)cc1Cl)C(F)(F)F. The Bertz CT molecular complexity index is 368. The fourth-order valence-electron chi connectivity index (χ4n) is 1.20. The number of rotatable bonds is 3. The van der Waals surface area contributed by atoms with Crippen LogP contribution in [0.5, 0.6) is 0 Å². The highest BCUT2D eigenvalue weighted by Gasteiger charge is 2.36. The van der Waals surface area contributed by atoms with Crippen molar-refractivity contribution in [1.29, 1.82) is 0 Å². The molecule has 1 aromatic rings. The first kappa shape index (κ1) is 16.8. The quantitative estimate of drug-likeness (QED) is 0.888. The lowest BCUT2D eigenvalue weighted by atomic mass is 10.1. The molecule has 0 spiro atoms. The van der Waals surface area contributed by atoms with Crippen molar-refractivity contribution < 1.29 is 13.2 Å². The summed E-state index contributed by atoms with van der Waals surface area (Å²) >= 11 is 11.5. The predicted octanol–water partition coefficient (Wildman–Crippen LogP) is 4.24. The highest BCUT2D eigenvalue weighted by Crippen LogP contribution is 2.25. The summed E-state index contributed by atoms with van der Waals surface area (Å²) in [7, 11) is 0. The lowest BCUT2D eigenvalue weighted by Gasteiger charge is -2.15. The number of nitrogens with two attached hydrogens (primary N) is 1. The van der Waals surface area contributed by atoms with Crippen LogP contribution >= 0.6 is 35.6 Å². The fourth-order valence-corrected chi connectivity index (χ4v) is 1.70. The molecular formula is C10H11Cl3F3N. The van der Waals surface area contributed by atoms with Crippen molar-refractivity contribution in [2.45, 2.75) is 25.1 Å². The van der Waals surface area contributed by atoms with Gasteiger partial charge in [0.1, 0.15) is 6.04 Å². The van der Waals surface area contributed by atoms with E-state index in [1.807, 2.05) is 0 Å². The summed E-state index contributed by atoms with van der Waals surface area (Å²) in [5.41, 5.74) is 5.60. The zero-order chi connectivity index (χ0) is 12.3. The summed E-state index contributed by atoms with van der Waals surface area (Å²) in [6.07, 6.45) is -4.37. The second kappa shape index (κ2) is 6.69. The molecule has 1 rings (SSSR count). The smallest absolute Gasteiger partial charge is 0.320 e. The number of alkyl halides is 3. The molecule has 0 amide bonds. The number of hydrogen-bond donors (Lipinski definition) is 1. The average molecular weight is 309 g/mol. The lowest BCUT2D eigenvalue weighted by Crippen LogP contribution is -2.37. The van der Waals surface area contributed by atoms with Crippen LogP contribution < -0.4 is 5.73 Å². The molecule has 1 aromatic carbocycles. The molecule has 0 aliphatic carbocycles. The van der Waals surface area contributed by atoms with Crippen LogP contribution in [0.3, 0.4) is 0 Å². The largest absolute Gasteiger partial charge is 0.403 e. The van der Waals surface area contributed by atoms with Gasteiger partial charge in [0.25, 0.3) is 0 Å². The summed E-state index contributed by atoms with van der Waals surface area (Å²) in [4.78, 5) is 0. The van der Waals surface area contributed by atoms with Gasteiger partial charge < -0.3 is 5.73 Å². The molecule has 17 heavy (non-hydrogen) atoms. The molecule has 0 aliphatic heterocycles. The van der Waals surface area contributed by atoms with Gasteiger partial charge in [0.05, 0.1) is 0 Å². The van der Waals surface area contributed by atoms with E-state index in [1.54, 1.807) is 12.1 Å². The molecule has 0 aliphatic rings. The Balaban J connectivity index is 0.00000256. The highest BCUT2D eigenvalue weighted by molar-refractivity contribution is 6.35. The molecule has 2 N–H and O–H groups in total. The van der Waals surface area contributed by atoms with Gasteiger partial charge in [0, 0.05) is 10.0 Å². The summed E-state index contributed by atoms with van der Waals surface area (Å²) in [5, 5.41) is 0.816. The summed E-state index contributed by atoms with van der Waals surface area (Å²) < 4.78 is 36.4. The Labute approximate surface area is 113 Å². The van der Waals surface area contributed by atoms with Gasteiger partial charge in [-0.05, 0) is 30.5 Å². The Kier molecular flexibility index (Phi) is 6.62. The molecule has 0 saturated carbocycles. The summed E-state index contributed by atoms with van der Waals surface area (Å²) in [6.45, 7) is 0. The highest BCUT2D eigenvalue weighted by atomic mass is 35.5. The molecule has 0 radical (unpaired) electrons. The first-order valence-corrected chi connectivity index (χ1v) is 5.32. The van der Waals surface area contributed by atoms with E-state index in [2.05, 4.69) is 0 Å². The molecular weight excluding hydrogens is 297 g/mol. The molecule has 1 unspecified atom stereocenters. The van der Waals surface area contributed by atoms with Gasteiger partial charge in [-0.3, -0.25) is 0 Å². The van der Waals surface area contributed by atoms with E-state index in [4.69, 9.17) is 28.9 Å². The van der Waals surface area contributed by atoms with Gasteiger partial charge in [-0.1, -0.05) is 29.3 Å². The van der Waals surface area contributed by atoms with Crippen LogP contribution in [0.4, 0.5) is 13.2 Å². The maximum Gasteiger partial charge on any atom is 0.403 e. The van der Waals surface area contributed by atoms with Crippen LogP contribution in [-0.2, 0) is 6.42 Å². The van der Waals surface area contributed by atoms with E-state index in [0.717, 1.165) is 0 Å². The second-order valence-electron chi connectivity index (χ2n) is 3.42. The van der Waals surface area contributed by atoms with Crippen molar-refractivity contribution in [3.05, 3.63) is 33.8 Å². The Morgan fingerprint density at radius 3 is 2.29 bits per heavy atom. The number of benzene rings is 1. The minimum Gasteiger partial charge on any atom is -0.320 e. The molecule has 7 heteroatoms. The standard InChI is InChI=1S/C10H10Cl2F3N.ClH/c11-7-3-1-6(8(12)5-7)2-4-9(16)10(13,14)15;/h1,3,5,9H,2,4,16H2;1H. The number of halogens is 6. The zero-order valence-electron chi connectivity index (χ0n) is 8.60. The van der Waals surface area contributed by atoms with Crippen molar-refractivity contribution >= 4 is 35.6 Å². The van der Waals surface area contributed by atoms with Gasteiger partial charge in [0.2, 0.25) is 0 Å². The van der Waals surface area contributed by atoms with Gasteiger partial charge in [-0.2, -0.15) is 13.2 Å². The number of hydrogen-bond acceptors (Lipinski definition) is 1. The molecule has 0 heterocycles. The van der Waals surface area contributed by atoms with Gasteiger partial charge >= 0.3 is 6.18 Å². The normalized spacial score (nSPS) is 13.1. The lowest BCUT2D eigenvalue weighted by molar-refractivity contribution is -0.148. The Hall–Kier alpha value is -0.160. The van der Waals surface area contributed by atoms with Crippen molar-refractivity contribution in [3.8, 4) is 0 Å². The van der Waals surface area contributed by atoms with Crippen molar-refractivity contribution in [2.24, 2.45) is 5.73 Å². The van der Waals surface area contributed by atoms with Crippen molar-refractivity contribution in [2.75, 3.05) is 0 Å². The second-order valence-corrected chi connectivity index (χ2v) is 4.27. The molecule has 0 fully saturated rings. The number of aryl methyl sites for hydroxylation is 1. The van der Waals surface area contributed by atoms with Crippen LogP contribution in [-0.4, -0.2) is 12.2 Å². The van der Waals surface area contributed by atoms with Gasteiger partial charge in [0.15, 0.2) is 0 Å². The third-order valence-electron chi connectivity index (χ3n) is 2.16. The maximum atomic E-state index is 12.1. The summed E-state index contributed by atoms with van der Waals surface area (Å²) in [5.74, 6) is 0. The minimum atomic E-state index is -4.36.